The molecule has 2 aromatic heterocycles. The fraction of sp³-hybridized carbons (Fsp3) is 0.500. The first-order valence-corrected chi connectivity index (χ1v) is 6.93. The average molecular weight is 313 g/mol. The summed E-state index contributed by atoms with van der Waals surface area (Å²) in [6.45, 7) is 6.55. The lowest BCUT2D eigenvalue weighted by atomic mass is 10.3. The first-order valence-electron chi connectivity index (χ1n) is 6.93. The van der Waals surface area contributed by atoms with E-state index >= 15 is 0 Å². The number of rotatable bonds is 5. The van der Waals surface area contributed by atoms with Crippen LogP contribution in [0.4, 0.5) is 19.1 Å². The molecule has 0 radical (unpaired) electrons. The topological polar surface area (TPSA) is 55.6 Å². The van der Waals surface area contributed by atoms with Crippen LogP contribution >= 0.6 is 0 Å². The molecule has 2 aromatic rings. The summed E-state index contributed by atoms with van der Waals surface area (Å²) < 4.78 is 39.9. The molecule has 120 valence electrons. The number of anilines is 1. The molecule has 1 N–H and O–H groups in total. The molecule has 0 amide bonds. The molecule has 0 aliphatic heterocycles. The summed E-state index contributed by atoms with van der Waals surface area (Å²) in [5.74, 6) is 0.000641. The lowest BCUT2D eigenvalue weighted by Crippen LogP contribution is -2.14. The third-order valence-electron chi connectivity index (χ3n) is 3.08. The van der Waals surface area contributed by atoms with E-state index in [0.29, 0.717) is 19.5 Å². The maximum absolute atomic E-state index is 12.7. The van der Waals surface area contributed by atoms with E-state index in [1.807, 2.05) is 24.6 Å². The Hall–Kier alpha value is -2.12. The smallest absolute Gasteiger partial charge is 0.354 e. The highest BCUT2D eigenvalue weighted by atomic mass is 19.4. The molecule has 0 aromatic carbocycles. The summed E-state index contributed by atoms with van der Waals surface area (Å²) in [4.78, 5) is 7.47. The largest absolute Gasteiger partial charge is 0.433 e. The standard InChI is InChI=1S/C14H18F3N5/c1-9-8-12(14(15,16)17)20-13(19-9)18-5-4-6-22-11(3)7-10(2)21-22/h7-8H,4-6H2,1-3H3,(H,18,19,20). The highest BCUT2D eigenvalue weighted by Gasteiger charge is 2.33. The maximum Gasteiger partial charge on any atom is 0.433 e. The van der Waals surface area contributed by atoms with Crippen LogP contribution in [0, 0.1) is 20.8 Å². The van der Waals surface area contributed by atoms with Crippen molar-refractivity contribution in [3.05, 3.63) is 34.9 Å². The van der Waals surface area contributed by atoms with Gasteiger partial charge in [-0.1, -0.05) is 0 Å². The van der Waals surface area contributed by atoms with E-state index in [4.69, 9.17) is 0 Å². The Morgan fingerprint density at radius 1 is 1.09 bits per heavy atom. The van der Waals surface area contributed by atoms with Crippen molar-refractivity contribution < 1.29 is 13.2 Å². The van der Waals surface area contributed by atoms with Crippen molar-refractivity contribution in [3.8, 4) is 0 Å². The first kappa shape index (κ1) is 16.3. The number of hydrogen-bond donors (Lipinski definition) is 1. The summed E-state index contributed by atoms with van der Waals surface area (Å²) in [6.07, 6.45) is -3.76. The number of aryl methyl sites for hydroxylation is 4. The second kappa shape index (κ2) is 6.33. The van der Waals surface area contributed by atoms with Crippen molar-refractivity contribution in [1.29, 1.82) is 0 Å². The Morgan fingerprint density at radius 2 is 1.82 bits per heavy atom. The highest BCUT2D eigenvalue weighted by Crippen LogP contribution is 2.28. The van der Waals surface area contributed by atoms with Crippen LogP contribution in [0.5, 0.6) is 0 Å². The third-order valence-corrected chi connectivity index (χ3v) is 3.08. The van der Waals surface area contributed by atoms with Crippen LogP contribution in [0.2, 0.25) is 0 Å². The molecule has 0 atom stereocenters. The van der Waals surface area contributed by atoms with E-state index in [1.165, 1.54) is 6.92 Å². The molecule has 0 unspecified atom stereocenters. The van der Waals surface area contributed by atoms with Crippen LogP contribution in [0.3, 0.4) is 0 Å². The van der Waals surface area contributed by atoms with Gasteiger partial charge in [0.25, 0.3) is 0 Å². The van der Waals surface area contributed by atoms with E-state index in [2.05, 4.69) is 20.4 Å². The lowest BCUT2D eigenvalue weighted by Gasteiger charge is -2.10. The normalized spacial score (nSPS) is 11.7. The number of aromatic nitrogens is 4. The fourth-order valence-electron chi connectivity index (χ4n) is 2.12. The minimum atomic E-state index is -4.46. The number of hydrogen-bond acceptors (Lipinski definition) is 4. The summed E-state index contributed by atoms with van der Waals surface area (Å²) in [6, 6.07) is 2.91. The zero-order valence-corrected chi connectivity index (χ0v) is 12.7. The number of alkyl halides is 3. The molecule has 0 bridgehead atoms. The zero-order chi connectivity index (χ0) is 16.3. The quantitative estimate of drug-likeness (QED) is 0.862. The van der Waals surface area contributed by atoms with E-state index in [-0.39, 0.29) is 11.6 Å². The van der Waals surface area contributed by atoms with Gasteiger partial charge in [-0.25, -0.2) is 9.97 Å². The van der Waals surface area contributed by atoms with Gasteiger partial charge < -0.3 is 5.32 Å². The molecule has 8 heteroatoms. The molecule has 0 fully saturated rings. The Morgan fingerprint density at radius 3 is 2.41 bits per heavy atom. The van der Waals surface area contributed by atoms with Gasteiger partial charge in [-0.05, 0) is 39.3 Å². The molecule has 2 heterocycles. The van der Waals surface area contributed by atoms with Gasteiger partial charge in [0.15, 0.2) is 0 Å². The van der Waals surface area contributed by atoms with Crippen LogP contribution in [-0.2, 0) is 12.7 Å². The van der Waals surface area contributed by atoms with Crippen LogP contribution in [0.25, 0.3) is 0 Å². The molecular weight excluding hydrogens is 295 g/mol. The second-order valence-electron chi connectivity index (χ2n) is 5.15. The van der Waals surface area contributed by atoms with Crippen molar-refractivity contribution in [2.24, 2.45) is 0 Å². The fourth-order valence-corrected chi connectivity index (χ4v) is 2.12. The molecule has 0 aliphatic rings. The van der Waals surface area contributed by atoms with Gasteiger partial charge in [0.1, 0.15) is 5.69 Å². The van der Waals surface area contributed by atoms with E-state index in [9.17, 15) is 13.2 Å². The van der Waals surface area contributed by atoms with Gasteiger partial charge >= 0.3 is 6.18 Å². The Balaban J connectivity index is 1.92. The van der Waals surface area contributed by atoms with Crippen LogP contribution in [0.15, 0.2) is 12.1 Å². The monoisotopic (exact) mass is 313 g/mol. The molecule has 2 rings (SSSR count). The number of nitrogens with zero attached hydrogens (tertiary/aromatic N) is 4. The van der Waals surface area contributed by atoms with Gasteiger partial charge in [0.05, 0.1) is 5.69 Å². The van der Waals surface area contributed by atoms with E-state index < -0.39 is 11.9 Å². The summed E-state index contributed by atoms with van der Waals surface area (Å²) >= 11 is 0. The number of halogens is 3. The molecule has 0 saturated heterocycles. The zero-order valence-electron chi connectivity index (χ0n) is 12.7. The highest BCUT2D eigenvalue weighted by molar-refractivity contribution is 5.28. The average Bonchev–Trinajstić information content (AvgIpc) is 2.71. The SMILES string of the molecule is Cc1cc(C(F)(F)F)nc(NCCCn2nc(C)cc2C)n1. The summed E-state index contributed by atoms with van der Waals surface area (Å²) in [5.41, 5.74) is 1.36. The minimum absolute atomic E-state index is 0.000641. The molecule has 22 heavy (non-hydrogen) atoms. The van der Waals surface area contributed by atoms with E-state index in [1.54, 1.807) is 0 Å². The predicted molar refractivity (Wildman–Crippen MR) is 76.6 cm³/mol. The Kier molecular flexibility index (Phi) is 4.68. The number of nitrogens with one attached hydrogen (secondary N) is 1. The molecule has 5 nitrogen and oxygen atoms in total. The third kappa shape index (κ3) is 4.19. The van der Waals surface area contributed by atoms with Gasteiger partial charge in [-0.3, -0.25) is 4.68 Å². The van der Waals surface area contributed by atoms with Crippen LogP contribution in [0.1, 0.15) is 29.2 Å². The van der Waals surface area contributed by atoms with Crippen molar-refractivity contribution in [3.63, 3.8) is 0 Å². The van der Waals surface area contributed by atoms with Crippen LogP contribution in [-0.4, -0.2) is 26.3 Å². The van der Waals surface area contributed by atoms with Gasteiger partial charge in [-0.2, -0.15) is 18.3 Å². The lowest BCUT2D eigenvalue weighted by molar-refractivity contribution is -0.141. The van der Waals surface area contributed by atoms with Crippen molar-refractivity contribution in [2.45, 2.75) is 39.9 Å². The van der Waals surface area contributed by atoms with Gasteiger partial charge in [0.2, 0.25) is 5.95 Å². The molecule has 0 aliphatic carbocycles. The van der Waals surface area contributed by atoms with E-state index in [0.717, 1.165) is 17.5 Å². The summed E-state index contributed by atoms with van der Waals surface area (Å²) in [5, 5.41) is 7.16. The summed E-state index contributed by atoms with van der Waals surface area (Å²) in [7, 11) is 0. The predicted octanol–water partition coefficient (Wildman–Crippen LogP) is 3.12. The molecule has 0 spiro atoms. The molecular formula is C14H18F3N5. The van der Waals surface area contributed by atoms with Crippen molar-refractivity contribution in [1.82, 2.24) is 19.7 Å². The van der Waals surface area contributed by atoms with Crippen molar-refractivity contribution >= 4 is 5.95 Å². The minimum Gasteiger partial charge on any atom is -0.354 e. The van der Waals surface area contributed by atoms with Crippen molar-refractivity contribution in [2.75, 3.05) is 11.9 Å². The Labute approximate surface area is 126 Å². The molecule has 0 saturated carbocycles. The first-order chi connectivity index (χ1) is 10.3. The van der Waals surface area contributed by atoms with Gasteiger partial charge in [0, 0.05) is 24.5 Å². The maximum atomic E-state index is 12.7. The van der Waals surface area contributed by atoms with Crippen LogP contribution < -0.4 is 5.32 Å². The second-order valence-corrected chi connectivity index (χ2v) is 5.15. The Bertz CT molecular complexity index is 648. The van der Waals surface area contributed by atoms with Gasteiger partial charge in [-0.15, -0.1) is 0 Å².